The molecule has 1 aliphatic heterocycles. The number of alkyl halides is 3. The van der Waals surface area contributed by atoms with Crippen LogP contribution in [0.3, 0.4) is 0 Å². The predicted molar refractivity (Wildman–Crippen MR) is 110 cm³/mol. The Kier molecular flexibility index (Phi) is 6.99. The summed E-state index contributed by atoms with van der Waals surface area (Å²) in [5, 5.41) is 3.30. The van der Waals surface area contributed by atoms with E-state index in [4.69, 9.17) is 34.8 Å². The van der Waals surface area contributed by atoms with E-state index < -0.39 is 16.8 Å². The van der Waals surface area contributed by atoms with Crippen molar-refractivity contribution in [1.82, 2.24) is 4.90 Å². The highest BCUT2D eigenvalue weighted by Gasteiger charge is 2.34. The SMILES string of the molecule is O=C(Nc1ccc(Cl)c(C(F)(F)F)c1)C1CCCN(Cc2c(Cl)cccc2Cl)C1. The minimum atomic E-state index is -4.59. The van der Waals surface area contributed by atoms with Crippen LogP contribution in [0.5, 0.6) is 0 Å². The first-order valence-electron chi connectivity index (χ1n) is 8.98. The molecule has 0 saturated carbocycles. The zero-order chi connectivity index (χ0) is 21.2. The van der Waals surface area contributed by atoms with Crippen LogP contribution in [0.15, 0.2) is 36.4 Å². The van der Waals surface area contributed by atoms with Gasteiger partial charge in [0, 0.05) is 34.4 Å². The summed E-state index contributed by atoms with van der Waals surface area (Å²) in [4.78, 5) is 14.7. The number of carbonyl (C=O) groups is 1. The molecule has 9 heteroatoms. The highest BCUT2D eigenvalue weighted by molar-refractivity contribution is 6.36. The van der Waals surface area contributed by atoms with Crippen molar-refractivity contribution in [3.8, 4) is 0 Å². The molecule has 1 atom stereocenters. The molecule has 2 aromatic carbocycles. The van der Waals surface area contributed by atoms with Gasteiger partial charge in [0.25, 0.3) is 0 Å². The third kappa shape index (κ3) is 5.57. The minimum Gasteiger partial charge on any atom is -0.326 e. The highest BCUT2D eigenvalue weighted by Crippen LogP contribution is 2.36. The molecule has 1 unspecified atom stereocenters. The summed E-state index contributed by atoms with van der Waals surface area (Å²) in [6.07, 6.45) is -3.15. The van der Waals surface area contributed by atoms with Crippen molar-refractivity contribution in [2.75, 3.05) is 18.4 Å². The monoisotopic (exact) mass is 464 g/mol. The third-order valence-corrected chi connectivity index (χ3v) is 5.90. The van der Waals surface area contributed by atoms with Crippen LogP contribution in [0, 0.1) is 5.92 Å². The normalized spacial score (nSPS) is 17.9. The number of benzene rings is 2. The molecule has 1 saturated heterocycles. The van der Waals surface area contributed by atoms with Gasteiger partial charge in [-0.05, 0) is 49.7 Å². The topological polar surface area (TPSA) is 32.3 Å². The highest BCUT2D eigenvalue weighted by atomic mass is 35.5. The number of likely N-dealkylation sites (tertiary alicyclic amines) is 1. The van der Waals surface area contributed by atoms with E-state index in [9.17, 15) is 18.0 Å². The lowest BCUT2D eigenvalue weighted by molar-refractivity contribution is -0.137. The molecule has 0 bridgehead atoms. The lowest BCUT2D eigenvalue weighted by Crippen LogP contribution is -2.40. The molecule has 156 valence electrons. The number of halogens is 6. The molecule has 29 heavy (non-hydrogen) atoms. The molecule has 1 fully saturated rings. The Labute approximate surface area is 181 Å². The molecule has 1 N–H and O–H groups in total. The Morgan fingerprint density at radius 1 is 1.10 bits per heavy atom. The van der Waals surface area contributed by atoms with Crippen molar-refractivity contribution in [2.45, 2.75) is 25.6 Å². The number of rotatable bonds is 4. The Hall–Kier alpha value is -1.47. The summed E-state index contributed by atoms with van der Waals surface area (Å²) in [6.45, 7) is 1.75. The molecule has 1 aliphatic rings. The maximum Gasteiger partial charge on any atom is 0.417 e. The summed E-state index contributed by atoms with van der Waals surface area (Å²) in [7, 11) is 0. The fraction of sp³-hybridized carbons (Fsp3) is 0.350. The first kappa shape index (κ1) is 22.2. The van der Waals surface area contributed by atoms with Crippen molar-refractivity contribution >= 4 is 46.4 Å². The largest absolute Gasteiger partial charge is 0.417 e. The van der Waals surface area contributed by atoms with Gasteiger partial charge in [-0.15, -0.1) is 0 Å². The molecular formula is C20H18Cl3F3N2O. The van der Waals surface area contributed by atoms with Crippen LogP contribution in [0.1, 0.15) is 24.0 Å². The Morgan fingerprint density at radius 2 is 1.79 bits per heavy atom. The number of amides is 1. The van der Waals surface area contributed by atoms with Crippen LogP contribution in [0.2, 0.25) is 15.1 Å². The minimum absolute atomic E-state index is 0.0676. The molecule has 0 aliphatic carbocycles. The molecule has 3 rings (SSSR count). The zero-order valence-corrected chi connectivity index (χ0v) is 17.5. The van der Waals surface area contributed by atoms with Crippen LogP contribution in [-0.2, 0) is 17.5 Å². The van der Waals surface area contributed by atoms with E-state index in [2.05, 4.69) is 10.2 Å². The maximum absolute atomic E-state index is 13.0. The van der Waals surface area contributed by atoms with Gasteiger partial charge in [-0.3, -0.25) is 9.69 Å². The van der Waals surface area contributed by atoms with E-state index in [0.717, 1.165) is 30.7 Å². The van der Waals surface area contributed by atoms with Gasteiger partial charge >= 0.3 is 6.18 Å². The Morgan fingerprint density at radius 3 is 2.45 bits per heavy atom. The Bertz CT molecular complexity index is 885. The van der Waals surface area contributed by atoms with Crippen LogP contribution in [0.4, 0.5) is 18.9 Å². The van der Waals surface area contributed by atoms with Crippen molar-refractivity contribution < 1.29 is 18.0 Å². The van der Waals surface area contributed by atoms with E-state index in [-0.39, 0.29) is 17.5 Å². The van der Waals surface area contributed by atoms with Gasteiger partial charge in [-0.1, -0.05) is 40.9 Å². The Balaban J connectivity index is 1.67. The molecular weight excluding hydrogens is 448 g/mol. The second kappa shape index (κ2) is 9.13. The quantitative estimate of drug-likeness (QED) is 0.558. The van der Waals surface area contributed by atoms with E-state index >= 15 is 0 Å². The van der Waals surface area contributed by atoms with Gasteiger partial charge in [-0.25, -0.2) is 0 Å². The number of hydrogen-bond donors (Lipinski definition) is 1. The standard InChI is InChI=1S/C20H18Cl3F3N2O/c21-16-4-1-5-17(22)14(16)11-28-8-2-3-12(10-28)19(29)27-13-6-7-18(23)15(9-13)20(24,25)26/h1,4-7,9,12H,2-3,8,10-11H2,(H,27,29). The van der Waals surface area contributed by atoms with Gasteiger partial charge in [0.15, 0.2) is 0 Å². The van der Waals surface area contributed by atoms with Gasteiger partial charge in [-0.2, -0.15) is 13.2 Å². The second-order valence-corrected chi connectivity index (χ2v) is 8.18. The fourth-order valence-corrected chi connectivity index (χ4v) is 4.13. The summed E-state index contributed by atoms with van der Waals surface area (Å²) in [5.74, 6) is -0.676. The van der Waals surface area contributed by atoms with E-state index in [1.807, 2.05) is 0 Å². The van der Waals surface area contributed by atoms with E-state index in [1.54, 1.807) is 18.2 Å². The van der Waals surface area contributed by atoms with E-state index in [0.29, 0.717) is 29.6 Å². The van der Waals surface area contributed by atoms with Crippen LogP contribution in [-0.4, -0.2) is 23.9 Å². The maximum atomic E-state index is 13.0. The fourth-order valence-electron chi connectivity index (χ4n) is 3.38. The molecule has 1 heterocycles. The predicted octanol–water partition coefficient (Wildman–Crippen LogP) is 6.52. The molecule has 2 aromatic rings. The summed E-state index contributed by atoms with van der Waals surface area (Å²) in [6, 6.07) is 8.63. The van der Waals surface area contributed by atoms with Gasteiger partial charge < -0.3 is 5.32 Å². The van der Waals surface area contributed by atoms with E-state index in [1.165, 1.54) is 6.07 Å². The molecule has 1 amide bonds. The summed E-state index contributed by atoms with van der Waals surface area (Å²) < 4.78 is 39.1. The van der Waals surface area contributed by atoms with Crippen molar-refractivity contribution in [3.05, 3.63) is 62.6 Å². The molecule has 3 nitrogen and oxygen atoms in total. The van der Waals surface area contributed by atoms with Gasteiger partial charge in [0.05, 0.1) is 16.5 Å². The van der Waals surface area contributed by atoms with Crippen molar-refractivity contribution in [2.24, 2.45) is 5.92 Å². The van der Waals surface area contributed by atoms with Crippen LogP contribution < -0.4 is 5.32 Å². The zero-order valence-electron chi connectivity index (χ0n) is 15.2. The summed E-state index contributed by atoms with van der Waals surface area (Å²) in [5.41, 5.74) is -0.113. The van der Waals surface area contributed by atoms with Crippen LogP contribution in [0.25, 0.3) is 0 Å². The first-order valence-corrected chi connectivity index (χ1v) is 10.1. The van der Waals surface area contributed by atoms with Gasteiger partial charge in [0.1, 0.15) is 0 Å². The average Bonchev–Trinajstić information content (AvgIpc) is 2.66. The molecule has 0 spiro atoms. The van der Waals surface area contributed by atoms with Gasteiger partial charge in [0.2, 0.25) is 5.91 Å². The average molecular weight is 466 g/mol. The first-order chi connectivity index (χ1) is 13.6. The number of piperidine rings is 1. The molecule has 0 radical (unpaired) electrons. The number of carbonyl (C=O) groups excluding carboxylic acids is 1. The van der Waals surface area contributed by atoms with Crippen LogP contribution >= 0.6 is 34.8 Å². The third-order valence-electron chi connectivity index (χ3n) is 4.86. The number of anilines is 1. The number of nitrogens with one attached hydrogen (secondary N) is 1. The second-order valence-electron chi connectivity index (χ2n) is 6.96. The number of nitrogens with zero attached hydrogens (tertiary/aromatic N) is 1. The van der Waals surface area contributed by atoms with Crippen molar-refractivity contribution in [1.29, 1.82) is 0 Å². The lowest BCUT2D eigenvalue weighted by Gasteiger charge is -2.32. The molecule has 0 aromatic heterocycles. The smallest absolute Gasteiger partial charge is 0.326 e. The van der Waals surface area contributed by atoms with Crippen molar-refractivity contribution in [3.63, 3.8) is 0 Å². The number of hydrogen-bond acceptors (Lipinski definition) is 2. The lowest BCUT2D eigenvalue weighted by atomic mass is 9.96. The summed E-state index contributed by atoms with van der Waals surface area (Å²) >= 11 is 18.1.